The van der Waals surface area contributed by atoms with Crippen LogP contribution in [0.2, 0.25) is 10.0 Å². The number of likely N-dealkylation sites (N-methyl/N-ethyl adjacent to an activating group) is 1. The first-order chi connectivity index (χ1) is 24.3. The monoisotopic (exact) mass is 736 g/mol. The third-order valence-electron chi connectivity index (χ3n) is 8.63. The summed E-state index contributed by atoms with van der Waals surface area (Å²) in [5.74, 6) is 0.121. The number of anilines is 3. The van der Waals surface area contributed by atoms with Gasteiger partial charge in [-0.25, -0.2) is 9.97 Å². The standard InChI is InChI=1S/C36H42Cl2N8O5/c1-20(39-5)33(47)45-31(36(2,3)4)35(49)46-13-9-11-28(46)34(48)44-27-16-23-26(17-29(27)50-6)41-19-42-32(23)43-22-14-24(37)30(25(38)15-22)51-18-21-10-7-8-12-40-21/h7-8,10,12,14-17,19-20,28,31,39H,9,11,13,18H2,1-6H3,(H,44,48)(H,45,47)(H,41,42,43)/t20-,28-,31+/m0/s1. The van der Waals surface area contributed by atoms with Crippen LogP contribution in [0.15, 0.2) is 55.0 Å². The van der Waals surface area contributed by atoms with Crippen molar-refractivity contribution in [1.82, 2.24) is 30.5 Å². The van der Waals surface area contributed by atoms with E-state index in [4.69, 9.17) is 32.7 Å². The van der Waals surface area contributed by atoms with Crippen LogP contribution in [0.5, 0.6) is 11.5 Å². The SMILES string of the molecule is CN[C@@H](C)C(=O)N[C@H](C(=O)N1CCC[C@H]1C(=O)Nc1cc2c(Nc3cc(Cl)c(OCc4ccccn4)c(Cl)c3)ncnc2cc1OC)C(C)(C)C. The Morgan fingerprint density at radius 3 is 2.45 bits per heavy atom. The predicted molar refractivity (Wildman–Crippen MR) is 198 cm³/mol. The summed E-state index contributed by atoms with van der Waals surface area (Å²) >= 11 is 13.2. The molecule has 270 valence electrons. The zero-order chi connectivity index (χ0) is 36.9. The maximum atomic E-state index is 13.9. The van der Waals surface area contributed by atoms with Gasteiger partial charge in [-0.3, -0.25) is 19.4 Å². The van der Waals surface area contributed by atoms with E-state index < -0.39 is 23.5 Å². The second-order valence-electron chi connectivity index (χ2n) is 13.3. The molecule has 1 aliphatic heterocycles. The number of likely N-dealkylation sites (tertiary alicyclic amines) is 1. The first-order valence-corrected chi connectivity index (χ1v) is 17.3. The van der Waals surface area contributed by atoms with E-state index in [1.165, 1.54) is 13.4 Å². The van der Waals surface area contributed by atoms with Crippen LogP contribution in [-0.4, -0.2) is 76.4 Å². The van der Waals surface area contributed by atoms with E-state index in [-0.39, 0.29) is 34.4 Å². The molecule has 13 nitrogen and oxygen atoms in total. The molecule has 4 N–H and O–H groups in total. The molecule has 2 aromatic carbocycles. The van der Waals surface area contributed by atoms with Gasteiger partial charge < -0.3 is 35.6 Å². The van der Waals surface area contributed by atoms with E-state index >= 15 is 0 Å². The summed E-state index contributed by atoms with van der Waals surface area (Å²) in [5.41, 5.74) is 1.58. The van der Waals surface area contributed by atoms with Crippen LogP contribution in [0, 0.1) is 5.41 Å². The number of rotatable bonds is 12. The zero-order valence-electron chi connectivity index (χ0n) is 29.3. The van der Waals surface area contributed by atoms with Gasteiger partial charge in [0.05, 0.1) is 40.1 Å². The number of carbonyl (C=O) groups is 3. The van der Waals surface area contributed by atoms with Crippen LogP contribution in [0.4, 0.5) is 17.2 Å². The molecular weight excluding hydrogens is 695 g/mol. The summed E-state index contributed by atoms with van der Waals surface area (Å²) in [4.78, 5) is 55.2. The lowest BCUT2D eigenvalue weighted by Gasteiger charge is -2.36. The van der Waals surface area contributed by atoms with Crippen molar-refractivity contribution in [1.29, 1.82) is 0 Å². The Bertz CT molecular complexity index is 1880. The van der Waals surface area contributed by atoms with Gasteiger partial charge in [0.1, 0.15) is 36.6 Å². The number of nitrogens with one attached hydrogen (secondary N) is 4. The highest BCUT2D eigenvalue weighted by Gasteiger charge is 2.42. The molecule has 1 saturated heterocycles. The van der Waals surface area contributed by atoms with Gasteiger partial charge in [-0.1, -0.05) is 50.0 Å². The lowest BCUT2D eigenvalue weighted by molar-refractivity contribution is -0.143. The number of nitrogens with zero attached hydrogens (tertiary/aromatic N) is 4. The van der Waals surface area contributed by atoms with Crippen molar-refractivity contribution in [2.45, 2.75) is 65.3 Å². The molecule has 1 aliphatic rings. The third-order valence-corrected chi connectivity index (χ3v) is 9.19. The summed E-state index contributed by atoms with van der Waals surface area (Å²) in [6.45, 7) is 7.94. The van der Waals surface area contributed by atoms with E-state index in [1.807, 2.05) is 39.0 Å². The fraction of sp³-hybridized carbons (Fsp3) is 0.389. The van der Waals surface area contributed by atoms with E-state index in [1.54, 1.807) is 49.3 Å². The topological polar surface area (TPSA) is 160 Å². The quantitative estimate of drug-likeness (QED) is 0.141. The van der Waals surface area contributed by atoms with E-state index in [9.17, 15) is 14.4 Å². The van der Waals surface area contributed by atoms with Crippen molar-refractivity contribution in [3.05, 3.63) is 70.7 Å². The Labute approximate surface area is 306 Å². The number of hydrogen-bond acceptors (Lipinski definition) is 10. The predicted octanol–water partition coefficient (Wildman–Crippen LogP) is 5.73. The third kappa shape index (κ3) is 8.78. The highest BCUT2D eigenvalue weighted by atomic mass is 35.5. The molecule has 3 amide bonds. The number of ether oxygens (including phenoxy) is 2. The normalized spacial score (nSPS) is 15.6. The number of fused-ring (bicyclic) bond motifs is 1. The molecule has 15 heteroatoms. The summed E-state index contributed by atoms with van der Waals surface area (Å²) in [5, 5.41) is 13.1. The second-order valence-corrected chi connectivity index (χ2v) is 14.1. The molecular formula is C36H42Cl2N8O5. The van der Waals surface area contributed by atoms with Crippen molar-refractivity contribution in [2.75, 3.05) is 31.3 Å². The van der Waals surface area contributed by atoms with Crippen molar-refractivity contribution < 1.29 is 23.9 Å². The Morgan fingerprint density at radius 1 is 1.06 bits per heavy atom. The van der Waals surface area contributed by atoms with Crippen LogP contribution in [0.1, 0.15) is 46.2 Å². The van der Waals surface area contributed by atoms with E-state index in [0.717, 1.165) is 5.69 Å². The number of aromatic nitrogens is 3. The van der Waals surface area contributed by atoms with E-state index in [0.29, 0.717) is 59.0 Å². The summed E-state index contributed by atoms with van der Waals surface area (Å²) in [6, 6.07) is 10.2. The lowest BCUT2D eigenvalue weighted by atomic mass is 9.85. The van der Waals surface area contributed by atoms with Crippen LogP contribution in [0.25, 0.3) is 10.9 Å². The number of pyridine rings is 1. The van der Waals surface area contributed by atoms with Crippen LogP contribution < -0.4 is 30.7 Å². The molecule has 1 fully saturated rings. The van der Waals surface area contributed by atoms with Crippen molar-refractivity contribution in [2.24, 2.45) is 5.41 Å². The van der Waals surface area contributed by atoms with Crippen molar-refractivity contribution in [3.8, 4) is 11.5 Å². The first-order valence-electron chi connectivity index (χ1n) is 16.5. The molecule has 0 saturated carbocycles. The number of halogens is 2. The zero-order valence-corrected chi connectivity index (χ0v) is 30.9. The minimum atomic E-state index is -0.835. The summed E-state index contributed by atoms with van der Waals surface area (Å²) in [7, 11) is 3.17. The highest BCUT2D eigenvalue weighted by Crippen LogP contribution is 2.39. The Morgan fingerprint density at radius 2 is 1.80 bits per heavy atom. The van der Waals surface area contributed by atoms with Crippen molar-refractivity contribution >= 4 is 69.0 Å². The largest absolute Gasteiger partial charge is 0.494 e. The number of hydrogen-bond donors (Lipinski definition) is 4. The molecule has 2 aromatic heterocycles. The number of methoxy groups -OCH3 is 1. The van der Waals surface area contributed by atoms with Crippen molar-refractivity contribution in [3.63, 3.8) is 0 Å². The molecule has 3 atom stereocenters. The van der Waals surface area contributed by atoms with Gasteiger partial charge in [-0.2, -0.15) is 0 Å². The Hall–Kier alpha value is -4.72. The maximum Gasteiger partial charge on any atom is 0.247 e. The number of carbonyl (C=O) groups excluding carboxylic acids is 3. The van der Waals surface area contributed by atoms with Crippen LogP contribution in [-0.2, 0) is 21.0 Å². The molecule has 4 aromatic rings. The molecule has 0 radical (unpaired) electrons. The smallest absolute Gasteiger partial charge is 0.247 e. The fourth-order valence-corrected chi connectivity index (χ4v) is 6.31. The van der Waals surface area contributed by atoms with Gasteiger partial charge in [-0.05, 0) is 62.6 Å². The average Bonchev–Trinajstić information content (AvgIpc) is 3.60. The van der Waals surface area contributed by atoms with Crippen LogP contribution >= 0.6 is 23.2 Å². The van der Waals surface area contributed by atoms with Gasteiger partial charge >= 0.3 is 0 Å². The van der Waals surface area contributed by atoms with Gasteiger partial charge in [0, 0.05) is 29.9 Å². The molecule has 3 heterocycles. The molecule has 0 spiro atoms. The lowest BCUT2D eigenvalue weighted by Crippen LogP contribution is -2.59. The van der Waals surface area contributed by atoms with Crippen LogP contribution in [0.3, 0.4) is 0 Å². The molecule has 5 rings (SSSR count). The average molecular weight is 738 g/mol. The van der Waals surface area contributed by atoms with E-state index in [2.05, 4.69) is 36.2 Å². The van der Waals surface area contributed by atoms with Gasteiger partial charge in [0.25, 0.3) is 0 Å². The van der Waals surface area contributed by atoms with Gasteiger partial charge in [0.15, 0.2) is 5.75 Å². The number of benzene rings is 2. The van der Waals surface area contributed by atoms with Gasteiger partial charge in [-0.15, -0.1) is 0 Å². The Balaban J connectivity index is 1.37. The van der Waals surface area contributed by atoms with Gasteiger partial charge in [0.2, 0.25) is 17.7 Å². The fourth-order valence-electron chi connectivity index (χ4n) is 5.72. The number of amides is 3. The summed E-state index contributed by atoms with van der Waals surface area (Å²) < 4.78 is 11.5. The maximum absolute atomic E-state index is 13.9. The minimum absolute atomic E-state index is 0.191. The minimum Gasteiger partial charge on any atom is -0.494 e. The molecule has 0 bridgehead atoms. The second kappa shape index (κ2) is 16.1. The Kier molecular flexibility index (Phi) is 11.8. The molecule has 0 unspecified atom stereocenters. The molecule has 51 heavy (non-hydrogen) atoms. The first kappa shape index (κ1) is 37.5. The summed E-state index contributed by atoms with van der Waals surface area (Å²) in [6.07, 6.45) is 4.18. The highest BCUT2D eigenvalue weighted by molar-refractivity contribution is 6.37. The molecule has 0 aliphatic carbocycles.